The second-order valence-corrected chi connectivity index (χ2v) is 7.05. The van der Waals surface area contributed by atoms with E-state index in [9.17, 15) is 4.79 Å². The van der Waals surface area contributed by atoms with Crippen LogP contribution in [0.4, 0.5) is 5.69 Å². The van der Waals surface area contributed by atoms with Gasteiger partial charge >= 0.3 is 0 Å². The van der Waals surface area contributed by atoms with Crippen LogP contribution in [0.3, 0.4) is 0 Å². The number of anilines is 1. The van der Waals surface area contributed by atoms with Crippen LogP contribution in [0.5, 0.6) is 5.75 Å². The van der Waals surface area contributed by atoms with Crippen LogP contribution in [0.25, 0.3) is 0 Å². The molecule has 1 aliphatic heterocycles. The largest absolute Gasteiger partial charge is 0.496 e. The molecule has 0 bridgehead atoms. The molecule has 0 saturated carbocycles. The smallest absolute Gasteiger partial charge is 0.220 e. The van der Waals surface area contributed by atoms with E-state index in [1.165, 1.54) is 5.69 Å². The lowest BCUT2D eigenvalue weighted by molar-refractivity contribution is -0.121. The monoisotopic (exact) mass is 367 g/mol. The molecule has 27 heavy (non-hydrogen) atoms. The number of rotatable bonds is 7. The van der Waals surface area contributed by atoms with Crippen LogP contribution in [0, 0.1) is 0 Å². The van der Waals surface area contributed by atoms with E-state index in [-0.39, 0.29) is 5.91 Å². The van der Waals surface area contributed by atoms with E-state index in [0.717, 1.165) is 43.1 Å². The number of nitrogens with one attached hydrogen (secondary N) is 1. The Labute approximate surface area is 161 Å². The van der Waals surface area contributed by atoms with Gasteiger partial charge in [0.05, 0.1) is 7.11 Å². The Kier molecular flexibility index (Phi) is 6.71. The van der Waals surface area contributed by atoms with Crippen molar-refractivity contribution in [3.8, 4) is 5.75 Å². The van der Waals surface area contributed by atoms with Gasteiger partial charge in [0.25, 0.3) is 0 Å². The van der Waals surface area contributed by atoms with Crippen LogP contribution in [-0.4, -0.2) is 51.1 Å². The van der Waals surface area contributed by atoms with Gasteiger partial charge in [-0.15, -0.1) is 0 Å². The quantitative estimate of drug-likeness (QED) is 0.817. The first-order valence-electron chi connectivity index (χ1n) is 9.57. The van der Waals surface area contributed by atoms with Crippen molar-refractivity contribution in [2.75, 3.05) is 45.2 Å². The zero-order valence-corrected chi connectivity index (χ0v) is 16.3. The number of hydrogen-bond acceptors (Lipinski definition) is 4. The third kappa shape index (κ3) is 5.47. The number of para-hydroxylation sites is 1. The standard InChI is InChI=1S/C22H29N3O2/c1-24-13-15-25(16-14-24)20-10-7-18(8-11-20)17-23-22(26)12-9-19-5-3-4-6-21(19)27-2/h3-8,10-11H,9,12-17H2,1-2H3,(H,23,26). The number of likely N-dealkylation sites (N-methyl/N-ethyl adjacent to an activating group) is 1. The molecule has 0 aliphatic carbocycles. The van der Waals surface area contributed by atoms with Gasteiger partial charge in [0.1, 0.15) is 5.75 Å². The molecule has 1 N–H and O–H groups in total. The summed E-state index contributed by atoms with van der Waals surface area (Å²) >= 11 is 0. The highest BCUT2D eigenvalue weighted by Gasteiger charge is 2.14. The Hall–Kier alpha value is -2.53. The van der Waals surface area contributed by atoms with Crippen LogP contribution in [0.15, 0.2) is 48.5 Å². The summed E-state index contributed by atoms with van der Waals surface area (Å²) in [6.07, 6.45) is 1.14. The fraction of sp³-hybridized carbons (Fsp3) is 0.409. The van der Waals surface area contributed by atoms with Crippen molar-refractivity contribution in [3.63, 3.8) is 0 Å². The summed E-state index contributed by atoms with van der Waals surface area (Å²) in [5.41, 5.74) is 3.44. The molecule has 5 heteroatoms. The molecular weight excluding hydrogens is 338 g/mol. The Morgan fingerprint density at radius 2 is 1.74 bits per heavy atom. The maximum absolute atomic E-state index is 12.2. The van der Waals surface area contributed by atoms with Crippen LogP contribution in [-0.2, 0) is 17.8 Å². The molecule has 5 nitrogen and oxygen atoms in total. The Morgan fingerprint density at radius 1 is 1.04 bits per heavy atom. The Balaban J connectivity index is 1.45. The lowest BCUT2D eigenvalue weighted by atomic mass is 10.1. The van der Waals surface area contributed by atoms with E-state index in [0.29, 0.717) is 19.4 Å². The molecular formula is C22H29N3O2. The van der Waals surface area contributed by atoms with Gasteiger partial charge in [-0.05, 0) is 42.8 Å². The van der Waals surface area contributed by atoms with Gasteiger partial charge in [-0.1, -0.05) is 30.3 Å². The van der Waals surface area contributed by atoms with Crippen molar-refractivity contribution in [1.82, 2.24) is 10.2 Å². The summed E-state index contributed by atoms with van der Waals surface area (Å²) in [5.74, 6) is 0.897. The highest BCUT2D eigenvalue weighted by molar-refractivity contribution is 5.76. The summed E-state index contributed by atoms with van der Waals surface area (Å²) in [6, 6.07) is 16.4. The summed E-state index contributed by atoms with van der Waals surface area (Å²) < 4.78 is 5.34. The molecule has 0 spiro atoms. The van der Waals surface area contributed by atoms with Crippen molar-refractivity contribution in [2.45, 2.75) is 19.4 Å². The van der Waals surface area contributed by atoms with Gasteiger partial charge in [-0.25, -0.2) is 0 Å². The Bertz CT molecular complexity index is 737. The zero-order chi connectivity index (χ0) is 19.1. The molecule has 1 aliphatic rings. The van der Waals surface area contributed by atoms with Gasteiger partial charge in [0.15, 0.2) is 0 Å². The molecule has 1 fully saturated rings. The molecule has 2 aromatic rings. The first-order valence-corrected chi connectivity index (χ1v) is 9.57. The van der Waals surface area contributed by atoms with Crippen molar-refractivity contribution >= 4 is 11.6 Å². The van der Waals surface area contributed by atoms with Gasteiger partial charge in [0, 0.05) is 44.8 Å². The van der Waals surface area contributed by atoms with Crippen LogP contribution >= 0.6 is 0 Å². The van der Waals surface area contributed by atoms with E-state index >= 15 is 0 Å². The number of hydrogen-bond donors (Lipinski definition) is 1. The van der Waals surface area contributed by atoms with Gasteiger partial charge < -0.3 is 19.9 Å². The van der Waals surface area contributed by atoms with E-state index in [4.69, 9.17) is 4.74 Å². The Morgan fingerprint density at radius 3 is 2.44 bits per heavy atom. The molecule has 2 aromatic carbocycles. The predicted molar refractivity (Wildman–Crippen MR) is 109 cm³/mol. The minimum absolute atomic E-state index is 0.0593. The van der Waals surface area contributed by atoms with Crippen molar-refractivity contribution in [3.05, 3.63) is 59.7 Å². The van der Waals surface area contributed by atoms with Crippen molar-refractivity contribution in [2.24, 2.45) is 0 Å². The average molecular weight is 367 g/mol. The third-order valence-electron chi connectivity index (χ3n) is 5.11. The number of carbonyl (C=O) groups excluding carboxylic acids is 1. The van der Waals surface area contributed by atoms with Crippen molar-refractivity contribution < 1.29 is 9.53 Å². The molecule has 144 valence electrons. The van der Waals surface area contributed by atoms with Gasteiger partial charge in [0.2, 0.25) is 5.91 Å². The number of benzene rings is 2. The number of carbonyl (C=O) groups is 1. The molecule has 0 atom stereocenters. The maximum Gasteiger partial charge on any atom is 0.220 e. The van der Waals surface area contributed by atoms with E-state index in [1.807, 2.05) is 24.3 Å². The number of aryl methyl sites for hydroxylation is 1. The number of nitrogens with zero attached hydrogens (tertiary/aromatic N) is 2. The van der Waals surface area contributed by atoms with Crippen LogP contribution < -0.4 is 15.0 Å². The van der Waals surface area contributed by atoms with E-state index in [2.05, 4.69) is 46.4 Å². The lowest BCUT2D eigenvalue weighted by Crippen LogP contribution is -2.44. The summed E-state index contributed by atoms with van der Waals surface area (Å²) in [5, 5.41) is 3.01. The first kappa shape index (κ1) is 19.2. The predicted octanol–water partition coefficient (Wildman–Crippen LogP) is 2.70. The summed E-state index contributed by atoms with van der Waals surface area (Å²) in [7, 11) is 3.82. The average Bonchev–Trinajstić information content (AvgIpc) is 2.72. The highest BCUT2D eigenvalue weighted by Crippen LogP contribution is 2.19. The van der Waals surface area contributed by atoms with E-state index in [1.54, 1.807) is 7.11 Å². The third-order valence-corrected chi connectivity index (χ3v) is 5.11. The van der Waals surface area contributed by atoms with Gasteiger partial charge in [-0.3, -0.25) is 4.79 Å². The molecule has 1 saturated heterocycles. The fourth-order valence-electron chi connectivity index (χ4n) is 3.34. The number of piperazine rings is 1. The maximum atomic E-state index is 12.2. The first-order chi connectivity index (χ1) is 13.2. The zero-order valence-electron chi connectivity index (χ0n) is 16.3. The van der Waals surface area contributed by atoms with E-state index < -0.39 is 0 Å². The molecule has 1 heterocycles. The SMILES string of the molecule is COc1ccccc1CCC(=O)NCc1ccc(N2CCN(C)CC2)cc1. The molecule has 0 unspecified atom stereocenters. The summed E-state index contributed by atoms with van der Waals surface area (Å²) in [6.45, 7) is 4.90. The lowest BCUT2D eigenvalue weighted by Gasteiger charge is -2.34. The summed E-state index contributed by atoms with van der Waals surface area (Å²) in [4.78, 5) is 16.9. The van der Waals surface area contributed by atoms with Gasteiger partial charge in [-0.2, -0.15) is 0 Å². The highest BCUT2D eigenvalue weighted by atomic mass is 16.5. The normalized spacial score (nSPS) is 14.8. The van der Waals surface area contributed by atoms with Crippen molar-refractivity contribution in [1.29, 1.82) is 0 Å². The van der Waals surface area contributed by atoms with Crippen LogP contribution in [0.2, 0.25) is 0 Å². The number of ether oxygens (including phenoxy) is 1. The minimum Gasteiger partial charge on any atom is -0.496 e. The second kappa shape index (κ2) is 9.42. The number of amides is 1. The molecule has 3 rings (SSSR count). The minimum atomic E-state index is 0.0593. The molecule has 0 radical (unpaired) electrons. The topological polar surface area (TPSA) is 44.8 Å². The molecule has 0 aromatic heterocycles. The fourth-order valence-corrected chi connectivity index (χ4v) is 3.34. The second-order valence-electron chi connectivity index (χ2n) is 7.05. The van der Waals surface area contributed by atoms with Crippen LogP contribution in [0.1, 0.15) is 17.5 Å². The number of methoxy groups -OCH3 is 1. The molecule has 1 amide bonds.